The second-order valence-electron chi connectivity index (χ2n) is 5.12. The number of rotatable bonds is 4. The molecule has 0 aliphatic heterocycles. The zero-order chi connectivity index (χ0) is 16.4. The highest BCUT2D eigenvalue weighted by molar-refractivity contribution is 7.22. The number of halogens is 1. The van der Waals surface area contributed by atoms with Crippen molar-refractivity contribution in [1.82, 2.24) is 4.98 Å². The number of carbonyl (C=O) groups excluding carboxylic acids is 1. The summed E-state index contributed by atoms with van der Waals surface area (Å²) < 4.78 is 0.976. The second-order valence-corrected chi connectivity index (χ2v) is 6.56. The third-order valence-corrected chi connectivity index (χ3v) is 4.73. The lowest BCUT2D eigenvalue weighted by molar-refractivity contribution is 0.102. The Bertz CT molecular complexity index is 855. The van der Waals surface area contributed by atoms with Crippen LogP contribution >= 0.6 is 22.9 Å². The highest BCUT2D eigenvalue weighted by Gasteiger charge is 2.12. The minimum Gasteiger partial charge on any atom is -0.362 e. The highest BCUT2D eigenvalue weighted by Crippen LogP contribution is 2.28. The first-order chi connectivity index (χ1) is 11.1. The van der Waals surface area contributed by atoms with Gasteiger partial charge in [0.25, 0.3) is 5.91 Å². The zero-order valence-corrected chi connectivity index (χ0v) is 14.4. The summed E-state index contributed by atoms with van der Waals surface area (Å²) in [6.45, 7) is 4.76. The first-order valence-corrected chi connectivity index (χ1v) is 8.49. The van der Waals surface area contributed by atoms with Gasteiger partial charge in [0, 0.05) is 12.1 Å². The van der Waals surface area contributed by atoms with E-state index in [1.807, 2.05) is 38.1 Å². The van der Waals surface area contributed by atoms with Gasteiger partial charge in [0.15, 0.2) is 5.13 Å². The topological polar surface area (TPSA) is 54.0 Å². The van der Waals surface area contributed by atoms with Crippen molar-refractivity contribution in [2.24, 2.45) is 0 Å². The lowest BCUT2D eigenvalue weighted by Crippen LogP contribution is -2.13. The Morgan fingerprint density at radius 2 is 2.13 bits per heavy atom. The van der Waals surface area contributed by atoms with E-state index in [1.54, 1.807) is 12.1 Å². The van der Waals surface area contributed by atoms with Crippen LogP contribution in [0.25, 0.3) is 10.2 Å². The van der Waals surface area contributed by atoms with Crippen LogP contribution in [0.4, 0.5) is 10.8 Å². The summed E-state index contributed by atoms with van der Waals surface area (Å²) >= 11 is 7.70. The molecule has 3 aromatic rings. The minimum absolute atomic E-state index is 0.179. The number of fused-ring (bicyclic) bond motifs is 1. The van der Waals surface area contributed by atoms with Gasteiger partial charge in [0.05, 0.1) is 20.9 Å². The fraction of sp³-hybridized carbons (Fsp3) is 0.176. The summed E-state index contributed by atoms with van der Waals surface area (Å²) in [5.41, 5.74) is 3.05. The van der Waals surface area contributed by atoms with Crippen LogP contribution in [0.2, 0.25) is 5.02 Å². The van der Waals surface area contributed by atoms with E-state index in [9.17, 15) is 4.79 Å². The SMILES string of the molecule is CCNc1nc2ccc(C(=O)Nc3c(C)cccc3Cl)cc2s1. The summed E-state index contributed by atoms with van der Waals surface area (Å²) in [7, 11) is 0. The molecule has 0 saturated carbocycles. The Morgan fingerprint density at radius 1 is 1.30 bits per heavy atom. The molecule has 0 radical (unpaired) electrons. The Hall–Kier alpha value is -2.11. The predicted octanol–water partition coefficient (Wildman–Crippen LogP) is 4.94. The van der Waals surface area contributed by atoms with Crippen molar-refractivity contribution in [3.05, 3.63) is 52.5 Å². The molecule has 1 heterocycles. The Morgan fingerprint density at radius 3 is 2.87 bits per heavy atom. The van der Waals surface area contributed by atoms with Crippen LogP contribution in [0.15, 0.2) is 36.4 Å². The molecule has 0 spiro atoms. The molecule has 6 heteroatoms. The number of amides is 1. The van der Waals surface area contributed by atoms with E-state index < -0.39 is 0 Å². The van der Waals surface area contributed by atoms with E-state index in [4.69, 9.17) is 11.6 Å². The summed E-state index contributed by atoms with van der Waals surface area (Å²) in [6.07, 6.45) is 0. The Balaban J connectivity index is 1.88. The molecule has 0 unspecified atom stereocenters. The molecule has 1 aromatic heterocycles. The minimum atomic E-state index is -0.179. The quantitative estimate of drug-likeness (QED) is 0.704. The first kappa shape index (κ1) is 15.8. The van der Waals surface area contributed by atoms with Gasteiger partial charge in [0.1, 0.15) is 0 Å². The van der Waals surface area contributed by atoms with E-state index >= 15 is 0 Å². The van der Waals surface area contributed by atoms with Crippen molar-refractivity contribution in [3.63, 3.8) is 0 Å². The Kier molecular flexibility index (Phi) is 4.50. The van der Waals surface area contributed by atoms with Crippen LogP contribution in [0.3, 0.4) is 0 Å². The maximum Gasteiger partial charge on any atom is 0.255 e. The van der Waals surface area contributed by atoms with Gasteiger partial charge in [-0.3, -0.25) is 4.79 Å². The molecule has 0 atom stereocenters. The molecule has 2 N–H and O–H groups in total. The van der Waals surface area contributed by atoms with Crippen LogP contribution in [-0.4, -0.2) is 17.4 Å². The van der Waals surface area contributed by atoms with E-state index in [2.05, 4.69) is 15.6 Å². The summed E-state index contributed by atoms with van der Waals surface area (Å²) in [6, 6.07) is 11.0. The predicted molar refractivity (Wildman–Crippen MR) is 97.9 cm³/mol. The maximum atomic E-state index is 12.5. The normalized spacial score (nSPS) is 10.7. The number of para-hydroxylation sites is 1. The molecule has 4 nitrogen and oxygen atoms in total. The molecule has 1 amide bonds. The van der Waals surface area contributed by atoms with E-state index in [0.29, 0.717) is 16.3 Å². The molecule has 2 aromatic carbocycles. The van der Waals surface area contributed by atoms with Crippen molar-refractivity contribution in [2.75, 3.05) is 17.2 Å². The van der Waals surface area contributed by atoms with Crippen LogP contribution in [0, 0.1) is 6.92 Å². The average Bonchev–Trinajstić information content (AvgIpc) is 2.92. The number of carbonyl (C=O) groups is 1. The molecule has 0 fully saturated rings. The fourth-order valence-electron chi connectivity index (χ4n) is 2.27. The molecule has 0 bridgehead atoms. The Labute approximate surface area is 143 Å². The van der Waals surface area contributed by atoms with E-state index in [1.165, 1.54) is 11.3 Å². The molecule has 3 rings (SSSR count). The lowest BCUT2D eigenvalue weighted by atomic mass is 10.1. The summed E-state index contributed by atoms with van der Waals surface area (Å²) in [5.74, 6) is -0.179. The van der Waals surface area contributed by atoms with Gasteiger partial charge in [-0.2, -0.15) is 0 Å². The molecular weight excluding hydrogens is 330 g/mol. The van der Waals surface area contributed by atoms with Crippen molar-refractivity contribution in [3.8, 4) is 0 Å². The van der Waals surface area contributed by atoms with Crippen molar-refractivity contribution in [2.45, 2.75) is 13.8 Å². The molecule has 0 aliphatic rings. The number of aromatic nitrogens is 1. The van der Waals surface area contributed by atoms with Gasteiger partial charge in [-0.05, 0) is 43.7 Å². The smallest absolute Gasteiger partial charge is 0.255 e. The van der Waals surface area contributed by atoms with Crippen molar-refractivity contribution >= 4 is 49.9 Å². The number of anilines is 2. The fourth-order valence-corrected chi connectivity index (χ4v) is 3.51. The number of benzene rings is 2. The average molecular weight is 346 g/mol. The number of hydrogen-bond donors (Lipinski definition) is 2. The number of nitrogens with one attached hydrogen (secondary N) is 2. The third-order valence-electron chi connectivity index (χ3n) is 3.44. The van der Waals surface area contributed by atoms with Gasteiger partial charge in [-0.15, -0.1) is 0 Å². The van der Waals surface area contributed by atoms with Crippen LogP contribution in [-0.2, 0) is 0 Å². The zero-order valence-electron chi connectivity index (χ0n) is 12.8. The van der Waals surface area contributed by atoms with E-state index in [0.717, 1.165) is 27.5 Å². The molecule has 0 saturated heterocycles. The maximum absolute atomic E-state index is 12.5. The summed E-state index contributed by atoms with van der Waals surface area (Å²) in [5, 5.41) is 7.48. The lowest BCUT2D eigenvalue weighted by Gasteiger charge is -2.10. The van der Waals surface area contributed by atoms with Gasteiger partial charge >= 0.3 is 0 Å². The van der Waals surface area contributed by atoms with Crippen molar-refractivity contribution in [1.29, 1.82) is 0 Å². The summed E-state index contributed by atoms with van der Waals surface area (Å²) in [4.78, 5) is 17.0. The highest BCUT2D eigenvalue weighted by atomic mass is 35.5. The molecular formula is C17H16ClN3OS. The van der Waals surface area contributed by atoms with Crippen LogP contribution < -0.4 is 10.6 Å². The second kappa shape index (κ2) is 6.56. The van der Waals surface area contributed by atoms with Gasteiger partial charge in [-0.1, -0.05) is 35.1 Å². The van der Waals surface area contributed by atoms with Gasteiger partial charge in [-0.25, -0.2) is 4.98 Å². The van der Waals surface area contributed by atoms with Crippen molar-refractivity contribution < 1.29 is 4.79 Å². The van der Waals surface area contributed by atoms with E-state index in [-0.39, 0.29) is 5.91 Å². The first-order valence-electron chi connectivity index (χ1n) is 7.29. The molecule has 0 aliphatic carbocycles. The van der Waals surface area contributed by atoms with Gasteiger partial charge in [0.2, 0.25) is 0 Å². The number of aryl methyl sites for hydroxylation is 1. The third kappa shape index (κ3) is 3.30. The molecule has 118 valence electrons. The molecule has 23 heavy (non-hydrogen) atoms. The monoisotopic (exact) mass is 345 g/mol. The van der Waals surface area contributed by atoms with Gasteiger partial charge < -0.3 is 10.6 Å². The number of hydrogen-bond acceptors (Lipinski definition) is 4. The van der Waals surface area contributed by atoms with Crippen LogP contribution in [0.1, 0.15) is 22.8 Å². The number of nitrogens with zero attached hydrogens (tertiary/aromatic N) is 1. The standard InChI is InChI=1S/C17H16ClN3OS/c1-3-19-17-20-13-8-7-11(9-14(13)23-17)16(22)21-15-10(2)5-4-6-12(15)18/h4-9H,3H2,1-2H3,(H,19,20)(H,21,22). The van der Waals surface area contributed by atoms with Crippen LogP contribution in [0.5, 0.6) is 0 Å². The number of thiazole rings is 1. The largest absolute Gasteiger partial charge is 0.362 e.